The number of hydrogen-bond donors (Lipinski definition) is 1. The number of benzene rings is 1. The summed E-state index contributed by atoms with van der Waals surface area (Å²) in [7, 11) is 1.35. The minimum atomic E-state index is -0.317. The third-order valence-corrected chi connectivity index (χ3v) is 3.55. The van der Waals surface area contributed by atoms with E-state index < -0.39 is 0 Å². The predicted molar refractivity (Wildman–Crippen MR) is 76.1 cm³/mol. The highest BCUT2D eigenvalue weighted by Gasteiger charge is 2.11. The summed E-state index contributed by atoms with van der Waals surface area (Å²) in [6, 6.07) is 5.07. The van der Waals surface area contributed by atoms with Gasteiger partial charge in [0.15, 0.2) is 11.5 Å². The normalized spacial score (nSPS) is 10.3. The van der Waals surface area contributed by atoms with Crippen LogP contribution < -0.4 is 4.74 Å². The van der Waals surface area contributed by atoms with E-state index in [-0.39, 0.29) is 18.1 Å². The highest BCUT2D eigenvalue weighted by molar-refractivity contribution is 7.13. The molecule has 0 radical (unpaired) electrons. The molecule has 20 heavy (non-hydrogen) atoms. The van der Waals surface area contributed by atoms with Crippen LogP contribution in [0, 0.1) is 0 Å². The second kappa shape index (κ2) is 6.38. The van der Waals surface area contributed by atoms with Crippen LogP contribution in [0.4, 0.5) is 0 Å². The molecule has 0 fully saturated rings. The summed E-state index contributed by atoms with van der Waals surface area (Å²) in [5, 5.41) is 12.3. The largest absolute Gasteiger partial charge is 0.504 e. The molecule has 2 rings (SSSR count). The van der Waals surface area contributed by atoms with Crippen molar-refractivity contribution in [3.8, 4) is 22.1 Å². The first-order valence-electron chi connectivity index (χ1n) is 6.11. The van der Waals surface area contributed by atoms with E-state index in [4.69, 9.17) is 4.74 Å². The van der Waals surface area contributed by atoms with Gasteiger partial charge < -0.3 is 14.6 Å². The van der Waals surface area contributed by atoms with Gasteiger partial charge in [-0.2, -0.15) is 0 Å². The summed E-state index contributed by atoms with van der Waals surface area (Å²) in [5.74, 6) is 0.208. The molecule has 0 unspecified atom stereocenters. The van der Waals surface area contributed by atoms with Gasteiger partial charge in [0.1, 0.15) is 5.01 Å². The Morgan fingerprint density at radius 1 is 1.45 bits per heavy atom. The standard InChI is InChI=1S/C14H15NO4S/c1-3-19-12-6-9(4-5-11(12)16)14-15-10(8-20-14)7-13(17)18-2/h4-6,8,16H,3,7H2,1-2H3. The molecular formula is C14H15NO4S. The van der Waals surface area contributed by atoms with Crippen molar-refractivity contribution >= 4 is 17.3 Å². The lowest BCUT2D eigenvalue weighted by molar-refractivity contribution is -0.139. The summed E-state index contributed by atoms with van der Waals surface area (Å²) in [6.45, 7) is 2.33. The Balaban J connectivity index is 2.23. The Morgan fingerprint density at radius 3 is 2.95 bits per heavy atom. The lowest BCUT2D eigenvalue weighted by Gasteiger charge is -2.06. The molecule has 5 nitrogen and oxygen atoms in total. The van der Waals surface area contributed by atoms with Gasteiger partial charge in [0.05, 0.1) is 25.8 Å². The lowest BCUT2D eigenvalue weighted by atomic mass is 10.2. The van der Waals surface area contributed by atoms with Gasteiger partial charge in [0, 0.05) is 10.9 Å². The third-order valence-electron chi connectivity index (χ3n) is 2.61. The summed E-state index contributed by atoms with van der Waals surface area (Å²) >= 11 is 1.43. The molecule has 0 saturated heterocycles. The van der Waals surface area contributed by atoms with Gasteiger partial charge in [-0.1, -0.05) is 0 Å². The first-order valence-corrected chi connectivity index (χ1v) is 6.99. The number of methoxy groups -OCH3 is 1. The number of thiazole rings is 1. The van der Waals surface area contributed by atoms with Crippen molar-refractivity contribution in [2.45, 2.75) is 13.3 Å². The number of hydrogen-bond acceptors (Lipinski definition) is 6. The number of aromatic nitrogens is 1. The maximum absolute atomic E-state index is 11.2. The monoisotopic (exact) mass is 293 g/mol. The summed E-state index contributed by atoms with van der Waals surface area (Å²) in [5.41, 5.74) is 1.51. The van der Waals surface area contributed by atoms with Crippen molar-refractivity contribution in [2.75, 3.05) is 13.7 Å². The smallest absolute Gasteiger partial charge is 0.311 e. The van der Waals surface area contributed by atoms with Crippen LogP contribution in [0.2, 0.25) is 0 Å². The van der Waals surface area contributed by atoms with E-state index in [1.165, 1.54) is 18.4 Å². The van der Waals surface area contributed by atoms with Crippen LogP contribution in [-0.2, 0) is 16.0 Å². The highest BCUT2D eigenvalue weighted by Crippen LogP contribution is 2.33. The van der Waals surface area contributed by atoms with Crippen LogP contribution in [0.3, 0.4) is 0 Å². The average molecular weight is 293 g/mol. The highest BCUT2D eigenvalue weighted by atomic mass is 32.1. The Labute approximate surface area is 120 Å². The molecule has 1 aromatic heterocycles. The number of aromatic hydroxyl groups is 1. The van der Waals surface area contributed by atoms with E-state index in [9.17, 15) is 9.90 Å². The van der Waals surface area contributed by atoms with Crippen LogP contribution in [0.5, 0.6) is 11.5 Å². The zero-order valence-corrected chi connectivity index (χ0v) is 12.1. The summed E-state index contributed by atoms with van der Waals surface area (Å²) in [4.78, 5) is 15.6. The fourth-order valence-corrected chi connectivity index (χ4v) is 2.48. The van der Waals surface area contributed by atoms with Crippen LogP contribution >= 0.6 is 11.3 Å². The molecule has 1 aromatic carbocycles. The van der Waals surface area contributed by atoms with Gasteiger partial charge in [-0.25, -0.2) is 4.98 Å². The molecule has 1 N–H and O–H groups in total. The van der Waals surface area contributed by atoms with Gasteiger partial charge in [0.2, 0.25) is 0 Å². The van der Waals surface area contributed by atoms with E-state index in [0.717, 1.165) is 10.6 Å². The average Bonchev–Trinajstić information content (AvgIpc) is 2.90. The molecule has 1 heterocycles. The van der Waals surface area contributed by atoms with Crippen molar-refractivity contribution in [2.24, 2.45) is 0 Å². The number of carbonyl (C=O) groups excluding carboxylic acids is 1. The van der Waals surface area contributed by atoms with Gasteiger partial charge >= 0.3 is 5.97 Å². The maximum atomic E-state index is 11.2. The molecule has 106 valence electrons. The van der Waals surface area contributed by atoms with E-state index in [0.29, 0.717) is 18.1 Å². The van der Waals surface area contributed by atoms with E-state index in [2.05, 4.69) is 9.72 Å². The second-order valence-electron chi connectivity index (χ2n) is 4.01. The topological polar surface area (TPSA) is 68.7 Å². The number of phenolic OH excluding ortho intramolecular Hbond substituents is 1. The Kier molecular flexibility index (Phi) is 4.57. The van der Waals surface area contributed by atoms with Crippen molar-refractivity contribution in [3.63, 3.8) is 0 Å². The molecule has 0 aliphatic heterocycles. The molecule has 0 atom stereocenters. The first kappa shape index (κ1) is 14.3. The van der Waals surface area contributed by atoms with E-state index in [1.807, 2.05) is 12.3 Å². The predicted octanol–water partition coefficient (Wildman–Crippen LogP) is 2.63. The van der Waals surface area contributed by atoms with Gasteiger partial charge in [-0.15, -0.1) is 11.3 Å². The van der Waals surface area contributed by atoms with Crippen molar-refractivity contribution in [3.05, 3.63) is 29.3 Å². The summed E-state index contributed by atoms with van der Waals surface area (Å²) in [6.07, 6.45) is 0.156. The number of nitrogens with zero attached hydrogens (tertiary/aromatic N) is 1. The molecule has 0 aliphatic rings. The number of rotatable bonds is 5. The van der Waals surface area contributed by atoms with Gasteiger partial charge in [0.25, 0.3) is 0 Å². The van der Waals surface area contributed by atoms with Crippen LogP contribution in [0.25, 0.3) is 10.6 Å². The number of ether oxygens (including phenoxy) is 2. The SMILES string of the molecule is CCOc1cc(-c2nc(CC(=O)OC)cs2)ccc1O. The molecule has 0 bridgehead atoms. The summed E-state index contributed by atoms with van der Waals surface area (Å²) < 4.78 is 9.95. The minimum Gasteiger partial charge on any atom is -0.504 e. The molecule has 0 spiro atoms. The van der Waals surface area contributed by atoms with E-state index >= 15 is 0 Å². The molecule has 0 amide bonds. The zero-order valence-electron chi connectivity index (χ0n) is 11.3. The number of carbonyl (C=O) groups is 1. The Morgan fingerprint density at radius 2 is 2.25 bits per heavy atom. The molecule has 6 heteroatoms. The molecule has 0 saturated carbocycles. The van der Waals surface area contributed by atoms with Crippen LogP contribution in [0.1, 0.15) is 12.6 Å². The van der Waals surface area contributed by atoms with E-state index in [1.54, 1.807) is 18.2 Å². The molecule has 0 aliphatic carbocycles. The fraction of sp³-hybridized carbons (Fsp3) is 0.286. The Hall–Kier alpha value is -2.08. The van der Waals surface area contributed by atoms with Crippen molar-refractivity contribution in [1.82, 2.24) is 4.98 Å². The van der Waals surface area contributed by atoms with Gasteiger partial charge in [-0.05, 0) is 25.1 Å². The third kappa shape index (κ3) is 3.27. The van der Waals surface area contributed by atoms with Crippen molar-refractivity contribution in [1.29, 1.82) is 0 Å². The van der Waals surface area contributed by atoms with Gasteiger partial charge in [-0.3, -0.25) is 4.79 Å². The zero-order chi connectivity index (χ0) is 14.5. The van der Waals surface area contributed by atoms with Crippen molar-refractivity contribution < 1.29 is 19.4 Å². The second-order valence-corrected chi connectivity index (χ2v) is 4.87. The molecule has 2 aromatic rings. The van der Waals surface area contributed by atoms with Crippen LogP contribution in [-0.4, -0.2) is 29.8 Å². The maximum Gasteiger partial charge on any atom is 0.311 e. The Bertz CT molecular complexity index is 609. The quantitative estimate of drug-likeness (QED) is 0.858. The lowest BCUT2D eigenvalue weighted by Crippen LogP contribution is -2.04. The fourth-order valence-electron chi connectivity index (χ4n) is 1.66. The minimum absolute atomic E-state index is 0.0990. The number of esters is 1. The number of phenols is 1. The van der Waals surface area contributed by atoms with Crippen LogP contribution in [0.15, 0.2) is 23.6 Å². The molecular weight excluding hydrogens is 278 g/mol. The first-order chi connectivity index (χ1) is 9.63.